The molecule has 0 saturated heterocycles. The van der Waals surface area contributed by atoms with Gasteiger partial charge in [-0.2, -0.15) is 12.6 Å². The number of para-hydroxylation sites is 1. The molecule has 1 aromatic rings. The summed E-state index contributed by atoms with van der Waals surface area (Å²) in [6.45, 7) is 1.03. The van der Waals surface area contributed by atoms with Gasteiger partial charge < -0.3 is 15.9 Å². The highest BCUT2D eigenvalue weighted by Gasteiger charge is 2.08. The second-order valence-corrected chi connectivity index (χ2v) is 6.11. The van der Waals surface area contributed by atoms with Gasteiger partial charge in [-0.3, -0.25) is 10.1 Å². The zero-order valence-electron chi connectivity index (χ0n) is 10.3. The van der Waals surface area contributed by atoms with Crippen LogP contribution in [-0.2, 0) is 4.79 Å². The van der Waals surface area contributed by atoms with Gasteiger partial charge in [-0.05, 0) is 12.1 Å². The van der Waals surface area contributed by atoms with Crippen LogP contribution in [0.4, 0.5) is 0 Å². The van der Waals surface area contributed by atoms with Crippen molar-refractivity contribution in [2.45, 2.75) is 10.9 Å². The summed E-state index contributed by atoms with van der Waals surface area (Å²) in [7, 11) is 0.112. The van der Waals surface area contributed by atoms with Crippen molar-refractivity contribution in [2.75, 3.05) is 18.1 Å². The van der Waals surface area contributed by atoms with Crippen LogP contribution in [0.5, 0.6) is 5.75 Å². The van der Waals surface area contributed by atoms with E-state index in [0.717, 1.165) is 17.2 Å². The van der Waals surface area contributed by atoms with E-state index in [-0.39, 0.29) is 16.2 Å². The maximum atomic E-state index is 9.76. The Morgan fingerprint density at radius 1 is 1.53 bits per heavy atom. The Bertz CT molecular complexity index is 466. The number of hydrogen-bond donors (Lipinski definition) is 5. The number of benzene rings is 1. The number of aliphatic carboxylic acids is 1. The molecule has 0 radical (unpaired) electrons. The molecule has 2 atom stereocenters. The summed E-state index contributed by atoms with van der Waals surface area (Å²) in [5, 5.41) is 20.7. The van der Waals surface area contributed by atoms with Gasteiger partial charge in [0.05, 0.1) is 0 Å². The Morgan fingerprint density at radius 2 is 2.21 bits per heavy atom. The number of carboxylic acids is 1. The molecule has 0 spiro atoms. The molecule has 0 amide bonds. The van der Waals surface area contributed by atoms with Crippen molar-refractivity contribution >= 4 is 34.6 Å². The molecule has 19 heavy (non-hydrogen) atoms. The Hall–Kier alpha value is -1.02. The van der Waals surface area contributed by atoms with Gasteiger partial charge in [0.2, 0.25) is 0 Å². The van der Waals surface area contributed by atoms with E-state index in [2.05, 4.69) is 23.4 Å². The molecule has 106 valence electrons. The third kappa shape index (κ3) is 5.23. The van der Waals surface area contributed by atoms with Crippen molar-refractivity contribution in [1.82, 2.24) is 5.32 Å². The van der Waals surface area contributed by atoms with E-state index in [1.54, 1.807) is 6.07 Å². The summed E-state index contributed by atoms with van der Waals surface area (Å²) in [4.78, 5) is 10.8. The number of nitrogens with two attached hydrogens (primary N) is 1. The molecular formula is C12H18N2O3S2. The van der Waals surface area contributed by atoms with Crippen LogP contribution in [0.15, 0.2) is 29.2 Å². The maximum Gasteiger partial charge on any atom is 0.321 e. The van der Waals surface area contributed by atoms with E-state index in [0.29, 0.717) is 5.75 Å². The Balaban J connectivity index is 0.000000224. The van der Waals surface area contributed by atoms with E-state index in [9.17, 15) is 9.90 Å². The lowest BCUT2D eigenvalue weighted by Crippen LogP contribution is -2.31. The minimum Gasteiger partial charge on any atom is -0.507 e. The summed E-state index contributed by atoms with van der Waals surface area (Å²) in [5.41, 5.74) is 7.02. The second-order valence-electron chi connectivity index (χ2n) is 3.80. The average Bonchev–Trinajstić information content (AvgIpc) is 2.92. The molecule has 0 saturated carbocycles. The van der Waals surface area contributed by atoms with Crippen LogP contribution >= 0.6 is 23.1 Å². The molecule has 1 aliphatic heterocycles. The van der Waals surface area contributed by atoms with Gasteiger partial charge in [0.25, 0.3) is 0 Å². The molecule has 1 aromatic carbocycles. The van der Waals surface area contributed by atoms with E-state index >= 15 is 0 Å². The zero-order valence-corrected chi connectivity index (χ0v) is 12.0. The minimum atomic E-state index is -1.00. The van der Waals surface area contributed by atoms with Gasteiger partial charge in [0.1, 0.15) is 11.8 Å². The molecule has 1 heterocycles. The molecule has 0 aromatic heterocycles. The summed E-state index contributed by atoms with van der Waals surface area (Å²) >= 11 is 3.65. The van der Waals surface area contributed by atoms with E-state index in [4.69, 9.17) is 10.8 Å². The molecule has 2 rings (SSSR count). The van der Waals surface area contributed by atoms with E-state index < -0.39 is 12.0 Å². The predicted octanol–water partition coefficient (Wildman–Crippen LogP) is 0.711. The first kappa shape index (κ1) is 16.0. The van der Waals surface area contributed by atoms with Crippen LogP contribution in [0.1, 0.15) is 0 Å². The number of thiol groups is 1. The highest BCUT2D eigenvalue weighted by atomic mass is 32.2. The Labute approximate surface area is 120 Å². The number of phenols is 1. The molecule has 0 fully saturated rings. The SMILES string of the molecule is N[C@@H](CS)C(=O)O.Oc1ccccc1S1=CNCC1. The van der Waals surface area contributed by atoms with Crippen LogP contribution in [0.2, 0.25) is 0 Å². The van der Waals surface area contributed by atoms with Gasteiger partial charge in [0, 0.05) is 28.4 Å². The molecular weight excluding hydrogens is 284 g/mol. The molecule has 0 bridgehead atoms. The van der Waals surface area contributed by atoms with Crippen LogP contribution in [0, 0.1) is 0 Å². The number of phenolic OH excluding ortho intramolecular Hbond substituents is 1. The first-order valence-corrected chi connectivity index (χ1v) is 7.79. The van der Waals surface area contributed by atoms with E-state index in [1.807, 2.05) is 18.2 Å². The molecule has 7 heteroatoms. The number of hydrogen-bond acceptors (Lipinski definition) is 5. The highest BCUT2D eigenvalue weighted by molar-refractivity contribution is 8.15. The smallest absolute Gasteiger partial charge is 0.321 e. The largest absolute Gasteiger partial charge is 0.507 e. The van der Waals surface area contributed by atoms with Crippen molar-refractivity contribution in [3.8, 4) is 5.75 Å². The fourth-order valence-corrected chi connectivity index (χ4v) is 3.19. The topological polar surface area (TPSA) is 95.6 Å². The third-order valence-electron chi connectivity index (χ3n) is 2.35. The summed E-state index contributed by atoms with van der Waals surface area (Å²) in [5.74, 6) is 0.711. The number of carbonyl (C=O) groups is 1. The van der Waals surface area contributed by atoms with Gasteiger partial charge >= 0.3 is 5.97 Å². The monoisotopic (exact) mass is 302 g/mol. The lowest BCUT2D eigenvalue weighted by atomic mass is 10.3. The number of carboxylic acid groups (broad SMARTS) is 1. The zero-order chi connectivity index (χ0) is 14.3. The van der Waals surface area contributed by atoms with Gasteiger partial charge in [-0.1, -0.05) is 12.1 Å². The summed E-state index contributed by atoms with van der Waals surface area (Å²) in [6.07, 6.45) is 0. The van der Waals surface area contributed by atoms with Crippen molar-refractivity contribution in [1.29, 1.82) is 0 Å². The Morgan fingerprint density at radius 3 is 2.63 bits per heavy atom. The standard InChI is InChI=1S/C9H11NOS.C3H7NO2S/c11-8-3-1-2-4-9(8)12-6-5-10-7-12;4-2(1-7)3(5)6/h1-4,7,10-11H,5-6H2;2,7H,1,4H2,(H,5,6)/t;2-/m.0/s1. The van der Waals surface area contributed by atoms with Crippen LogP contribution in [-0.4, -0.2) is 45.8 Å². The number of rotatable bonds is 3. The molecule has 1 unspecified atom stereocenters. The summed E-state index contributed by atoms with van der Waals surface area (Å²) < 4.78 is 0. The van der Waals surface area contributed by atoms with Crippen molar-refractivity contribution in [3.63, 3.8) is 0 Å². The lowest BCUT2D eigenvalue weighted by molar-refractivity contribution is -0.137. The fourth-order valence-electron chi connectivity index (χ4n) is 1.32. The van der Waals surface area contributed by atoms with Gasteiger partial charge in [0.15, 0.2) is 0 Å². The minimum absolute atomic E-state index is 0.112. The Kier molecular flexibility index (Phi) is 6.93. The number of nitrogens with one attached hydrogen (secondary N) is 1. The maximum absolute atomic E-state index is 9.76. The van der Waals surface area contributed by atoms with Gasteiger partial charge in [-0.15, -0.1) is 10.5 Å². The predicted molar refractivity (Wildman–Crippen MR) is 82.4 cm³/mol. The van der Waals surface area contributed by atoms with Gasteiger partial charge in [-0.25, -0.2) is 0 Å². The fraction of sp³-hybridized carbons (Fsp3) is 0.333. The highest BCUT2D eigenvalue weighted by Crippen LogP contribution is 2.33. The average molecular weight is 302 g/mol. The number of aromatic hydroxyl groups is 1. The normalized spacial score (nSPS) is 18.9. The molecule has 0 aliphatic carbocycles. The lowest BCUT2D eigenvalue weighted by Gasteiger charge is -2.04. The van der Waals surface area contributed by atoms with Crippen LogP contribution in [0.3, 0.4) is 0 Å². The van der Waals surface area contributed by atoms with Crippen LogP contribution in [0.25, 0.3) is 0 Å². The molecule has 5 nitrogen and oxygen atoms in total. The molecule has 1 aliphatic rings. The first-order chi connectivity index (χ1) is 9.06. The first-order valence-electron chi connectivity index (χ1n) is 5.70. The molecule has 5 N–H and O–H groups in total. The van der Waals surface area contributed by atoms with E-state index in [1.165, 1.54) is 0 Å². The third-order valence-corrected chi connectivity index (χ3v) is 4.75. The van der Waals surface area contributed by atoms with Crippen molar-refractivity contribution in [3.05, 3.63) is 24.3 Å². The second kappa shape index (κ2) is 8.21. The quantitative estimate of drug-likeness (QED) is 0.419. The van der Waals surface area contributed by atoms with Crippen molar-refractivity contribution in [2.24, 2.45) is 5.73 Å². The summed E-state index contributed by atoms with van der Waals surface area (Å²) in [6, 6.07) is 6.74. The van der Waals surface area contributed by atoms with Crippen LogP contribution < -0.4 is 11.1 Å². The van der Waals surface area contributed by atoms with Crippen molar-refractivity contribution < 1.29 is 15.0 Å².